The molecule has 138 valence electrons. The van der Waals surface area contributed by atoms with Crippen molar-refractivity contribution >= 4 is 33.5 Å². The Balaban J connectivity index is 1.65. The summed E-state index contributed by atoms with van der Waals surface area (Å²) in [7, 11) is 0. The Morgan fingerprint density at radius 1 is 1.27 bits per heavy atom. The van der Waals surface area contributed by atoms with E-state index in [9.17, 15) is 4.79 Å². The van der Waals surface area contributed by atoms with Gasteiger partial charge in [0.05, 0.1) is 13.2 Å². The van der Waals surface area contributed by atoms with Gasteiger partial charge >= 0.3 is 6.03 Å². The molecule has 2 N–H and O–H groups in total. The highest BCUT2D eigenvalue weighted by molar-refractivity contribution is 9.10. The van der Waals surface area contributed by atoms with Crippen molar-refractivity contribution < 1.29 is 9.53 Å². The molecule has 1 aromatic carbocycles. The second kappa shape index (κ2) is 8.51. The molecule has 1 fully saturated rings. The van der Waals surface area contributed by atoms with Crippen LogP contribution in [0.5, 0.6) is 0 Å². The molecule has 3 rings (SSSR count). The quantitative estimate of drug-likeness (QED) is 0.795. The zero-order chi connectivity index (χ0) is 18.5. The van der Waals surface area contributed by atoms with E-state index < -0.39 is 0 Å². The second-order valence-electron chi connectivity index (χ2n) is 6.31. The summed E-state index contributed by atoms with van der Waals surface area (Å²) in [4.78, 5) is 19.1. The van der Waals surface area contributed by atoms with Crippen molar-refractivity contribution in [2.45, 2.75) is 20.4 Å². The number of anilines is 2. The van der Waals surface area contributed by atoms with Crippen LogP contribution in [-0.2, 0) is 11.3 Å². The number of amides is 2. The lowest BCUT2D eigenvalue weighted by Gasteiger charge is -2.29. The van der Waals surface area contributed by atoms with E-state index in [-0.39, 0.29) is 6.03 Å². The summed E-state index contributed by atoms with van der Waals surface area (Å²) in [6, 6.07) is 7.63. The number of ether oxygens (including phenoxy) is 1. The average molecular weight is 419 g/mol. The SMILES string of the molecule is Cc1cc(Br)cc(C)c1NC(=O)NCc1cccnc1N1CCOCC1. The highest BCUT2D eigenvalue weighted by atomic mass is 79.9. The van der Waals surface area contributed by atoms with Gasteiger partial charge in [-0.05, 0) is 43.2 Å². The van der Waals surface area contributed by atoms with E-state index in [2.05, 4.69) is 36.4 Å². The number of carbonyl (C=O) groups is 1. The van der Waals surface area contributed by atoms with E-state index >= 15 is 0 Å². The van der Waals surface area contributed by atoms with Gasteiger partial charge in [-0.3, -0.25) is 0 Å². The lowest BCUT2D eigenvalue weighted by Crippen LogP contribution is -2.38. The van der Waals surface area contributed by atoms with Crippen LogP contribution in [0.25, 0.3) is 0 Å². The van der Waals surface area contributed by atoms with Gasteiger partial charge in [0.1, 0.15) is 5.82 Å². The summed E-state index contributed by atoms with van der Waals surface area (Å²) >= 11 is 3.47. The highest BCUT2D eigenvalue weighted by Gasteiger charge is 2.16. The van der Waals surface area contributed by atoms with Gasteiger partial charge in [-0.2, -0.15) is 0 Å². The fourth-order valence-electron chi connectivity index (χ4n) is 3.07. The maximum Gasteiger partial charge on any atom is 0.319 e. The molecule has 2 amide bonds. The van der Waals surface area contributed by atoms with E-state index in [0.717, 1.165) is 45.8 Å². The third kappa shape index (κ3) is 4.53. The Bertz CT molecular complexity index is 768. The van der Waals surface area contributed by atoms with Gasteiger partial charge < -0.3 is 20.3 Å². The highest BCUT2D eigenvalue weighted by Crippen LogP contribution is 2.25. The largest absolute Gasteiger partial charge is 0.378 e. The van der Waals surface area contributed by atoms with Gasteiger partial charge in [-0.15, -0.1) is 0 Å². The first kappa shape index (κ1) is 18.7. The van der Waals surface area contributed by atoms with E-state index in [0.29, 0.717) is 19.8 Å². The number of nitrogens with zero attached hydrogens (tertiary/aromatic N) is 2. The number of carbonyl (C=O) groups excluding carboxylic acids is 1. The van der Waals surface area contributed by atoms with Crippen LogP contribution in [-0.4, -0.2) is 37.3 Å². The van der Waals surface area contributed by atoms with Crippen molar-refractivity contribution in [2.24, 2.45) is 0 Å². The Hall–Kier alpha value is -2.12. The lowest BCUT2D eigenvalue weighted by atomic mass is 10.1. The number of urea groups is 1. The predicted octanol–water partition coefficient (Wildman–Crippen LogP) is 3.62. The van der Waals surface area contributed by atoms with E-state index in [1.54, 1.807) is 6.20 Å². The summed E-state index contributed by atoms with van der Waals surface area (Å²) in [5.74, 6) is 0.909. The Kier molecular flexibility index (Phi) is 6.11. The Labute approximate surface area is 162 Å². The molecule has 0 atom stereocenters. The summed E-state index contributed by atoms with van der Waals surface area (Å²) < 4.78 is 6.41. The monoisotopic (exact) mass is 418 g/mol. The van der Waals surface area contributed by atoms with Crippen molar-refractivity contribution in [1.29, 1.82) is 0 Å². The Morgan fingerprint density at radius 2 is 1.96 bits per heavy atom. The number of hydrogen-bond acceptors (Lipinski definition) is 4. The summed E-state index contributed by atoms with van der Waals surface area (Å²) in [6.07, 6.45) is 1.78. The first-order valence-corrected chi connectivity index (χ1v) is 9.42. The molecule has 2 aromatic rings. The maximum atomic E-state index is 12.4. The molecule has 1 aromatic heterocycles. The van der Waals surface area contributed by atoms with E-state index in [1.807, 2.05) is 38.1 Å². The molecule has 0 spiro atoms. The third-order valence-corrected chi connectivity index (χ3v) is 4.81. The average Bonchev–Trinajstić information content (AvgIpc) is 2.64. The number of nitrogens with one attached hydrogen (secondary N) is 2. The minimum Gasteiger partial charge on any atom is -0.378 e. The number of halogens is 1. The minimum atomic E-state index is -0.227. The molecule has 7 heteroatoms. The van der Waals surface area contributed by atoms with Crippen LogP contribution in [0.2, 0.25) is 0 Å². The fraction of sp³-hybridized carbons (Fsp3) is 0.368. The van der Waals surface area contributed by atoms with Gasteiger partial charge in [0.2, 0.25) is 0 Å². The van der Waals surface area contributed by atoms with Gasteiger partial charge in [-0.25, -0.2) is 9.78 Å². The van der Waals surface area contributed by atoms with Crippen LogP contribution in [0.4, 0.5) is 16.3 Å². The third-order valence-electron chi connectivity index (χ3n) is 4.35. The Morgan fingerprint density at radius 3 is 2.65 bits per heavy atom. The first-order chi connectivity index (χ1) is 12.5. The van der Waals surface area contributed by atoms with Crippen LogP contribution < -0.4 is 15.5 Å². The smallest absolute Gasteiger partial charge is 0.319 e. The second-order valence-corrected chi connectivity index (χ2v) is 7.22. The summed E-state index contributed by atoms with van der Waals surface area (Å²) in [5.41, 5.74) is 3.86. The predicted molar refractivity (Wildman–Crippen MR) is 107 cm³/mol. The number of rotatable bonds is 4. The van der Waals surface area contributed by atoms with Crippen LogP contribution in [0.15, 0.2) is 34.9 Å². The minimum absolute atomic E-state index is 0.227. The lowest BCUT2D eigenvalue weighted by molar-refractivity contribution is 0.122. The van der Waals surface area contributed by atoms with Gasteiger partial charge in [0.15, 0.2) is 0 Å². The number of hydrogen-bond donors (Lipinski definition) is 2. The zero-order valence-electron chi connectivity index (χ0n) is 15.0. The van der Waals surface area contributed by atoms with E-state index in [4.69, 9.17) is 4.74 Å². The maximum absolute atomic E-state index is 12.4. The van der Waals surface area contributed by atoms with Gasteiger partial charge in [-0.1, -0.05) is 22.0 Å². The van der Waals surface area contributed by atoms with Crippen LogP contribution >= 0.6 is 15.9 Å². The molecule has 0 unspecified atom stereocenters. The van der Waals surface area contributed by atoms with Crippen LogP contribution in [0.3, 0.4) is 0 Å². The molecule has 2 heterocycles. The van der Waals surface area contributed by atoms with Gasteiger partial charge in [0, 0.05) is 41.6 Å². The summed E-state index contributed by atoms with van der Waals surface area (Å²) in [5, 5.41) is 5.89. The number of morpholine rings is 1. The zero-order valence-corrected chi connectivity index (χ0v) is 16.6. The normalized spacial score (nSPS) is 14.2. The van der Waals surface area contributed by atoms with Crippen LogP contribution in [0.1, 0.15) is 16.7 Å². The van der Waals surface area contributed by atoms with E-state index in [1.165, 1.54) is 0 Å². The van der Waals surface area contributed by atoms with Crippen molar-refractivity contribution in [3.05, 3.63) is 51.6 Å². The van der Waals surface area contributed by atoms with Crippen molar-refractivity contribution in [1.82, 2.24) is 10.3 Å². The molecule has 26 heavy (non-hydrogen) atoms. The molecule has 1 aliphatic heterocycles. The molecular formula is C19H23BrN4O2. The molecule has 0 saturated carbocycles. The molecule has 0 aliphatic carbocycles. The number of aryl methyl sites for hydroxylation is 2. The van der Waals surface area contributed by atoms with Crippen molar-refractivity contribution in [3.8, 4) is 0 Å². The van der Waals surface area contributed by atoms with Crippen molar-refractivity contribution in [3.63, 3.8) is 0 Å². The molecule has 6 nitrogen and oxygen atoms in total. The molecule has 0 radical (unpaired) electrons. The number of aromatic nitrogens is 1. The number of benzene rings is 1. The molecule has 0 bridgehead atoms. The topological polar surface area (TPSA) is 66.5 Å². The number of pyridine rings is 1. The first-order valence-electron chi connectivity index (χ1n) is 8.63. The fourth-order valence-corrected chi connectivity index (χ4v) is 3.76. The van der Waals surface area contributed by atoms with Gasteiger partial charge in [0.25, 0.3) is 0 Å². The summed E-state index contributed by atoms with van der Waals surface area (Å²) in [6.45, 7) is 7.40. The molecule has 1 aliphatic rings. The molecule has 1 saturated heterocycles. The standard InChI is InChI=1S/C19H23BrN4O2/c1-13-10-16(20)11-14(2)17(13)23-19(25)22-12-15-4-3-5-21-18(15)24-6-8-26-9-7-24/h3-5,10-11H,6-9,12H2,1-2H3,(H2,22,23,25). The molecular weight excluding hydrogens is 396 g/mol. The van der Waals surface area contributed by atoms with Crippen molar-refractivity contribution in [2.75, 3.05) is 36.5 Å². The van der Waals surface area contributed by atoms with Crippen LogP contribution in [0, 0.1) is 13.8 Å².